The van der Waals surface area contributed by atoms with Crippen molar-refractivity contribution >= 4 is 5.91 Å². The van der Waals surface area contributed by atoms with Crippen molar-refractivity contribution < 1.29 is 19.4 Å². The van der Waals surface area contributed by atoms with E-state index in [1.165, 1.54) is 7.11 Å². The number of hydrogen-bond acceptors (Lipinski definition) is 5. The Morgan fingerprint density at radius 3 is 2.77 bits per heavy atom. The summed E-state index contributed by atoms with van der Waals surface area (Å²) in [5.41, 5.74) is 0.844. The highest BCUT2D eigenvalue weighted by atomic mass is 16.5. The van der Waals surface area contributed by atoms with Crippen LogP contribution in [-0.2, 0) is 16.1 Å². The number of benzene rings is 1. The van der Waals surface area contributed by atoms with Gasteiger partial charge in [-0.05, 0) is 12.5 Å². The molecular formula is C16H24N2O4. The Hall–Kier alpha value is -1.79. The van der Waals surface area contributed by atoms with Gasteiger partial charge in [0.1, 0.15) is 6.61 Å². The first-order chi connectivity index (χ1) is 10.7. The van der Waals surface area contributed by atoms with Crippen molar-refractivity contribution in [3.8, 4) is 11.5 Å². The fraction of sp³-hybridized carbons (Fsp3) is 0.562. The summed E-state index contributed by atoms with van der Waals surface area (Å²) in [7, 11) is 3.08. The SMILES string of the molecule is COCC(=O)N1CCCN(Cc2cccc(OC)c2O)CC1. The van der Waals surface area contributed by atoms with Crippen molar-refractivity contribution in [2.45, 2.75) is 13.0 Å². The Labute approximate surface area is 131 Å². The number of methoxy groups -OCH3 is 2. The smallest absolute Gasteiger partial charge is 0.248 e. The molecule has 22 heavy (non-hydrogen) atoms. The lowest BCUT2D eigenvalue weighted by Crippen LogP contribution is -2.37. The predicted molar refractivity (Wildman–Crippen MR) is 83.0 cm³/mol. The van der Waals surface area contributed by atoms with Gasteiger partial charge in [0.15, 0.2) is 11.5 Å². The van der Waals surface area contributed by atoms with Crippen LogP contribution in [0, 0.1) is 0 Å². The average Bonchev–Trinajstić information content (AvgIpc) is 2.75. The van der Waals surface area contributed by atoms with Crippen molar-refractivity contribution in [3.63, 3.8) is 0 Å². The molecular weight excluding hydrogens is 284 g/mol. The van der Waals surface area contributed by atoms with Gasteiger partial charge in [-0.1, -0.05) is 12.1 Å². The summed E-state index contributed by atoms with van der Waals surface area (Å²) in [5, 5.41) is 10.2. The molecule has 0 unspecified atom stereocenters. The molecule has 1 heterocycles. The van der Waals surface area contributed by atoms with Crippen molar-refractivity contribution in [3.05, 3.63) is 23.8 Å². The maximum atomic E-state index is 11.9. The second-order valence-electron chi connectivity index (χ2n) is 5.41. The van der Waals surface area contributed by atoms with E-state index in [2.05, 4.69) is 4.90 Å². The van der Waals surface area contributed by atoms with Gasteiger partial charge in [0.25, 0.3) is 0 Å². The lowest BCUT2D eigenvalue weighted by atomic mass is 10.1. The third-order valence-electron chi connectivity index (χ3n) is 3.91. The first-order valence-corrected chi connectivity index (χ1v) is 7.49. The number of para-hydroxylation sites is 1. The van der Waals surface area contributed by atoms with Crippen LogP contribution in [0.25, 0.3) is 0 Å². The van der Waals surface area contributed by atoms with Gasteiger partial charge in [-0.2, -0.15) is 0 Å². The molecule has 1 saturated heterocycles. The zero-order chi connectivity index (χ0) is 15.9. The molecule has 0 saturated carbocycles. The van der Waals surface area contributed by atoms with E-state index < -0.39 is 0 Å². The van der Waals surface area contributed by atoms with Crippen molar-refractivity contribution in [1.29, 1.82) is 0 Å². The summed E-state index contributed by atoms with van der Waals surface area (Å²) in [5.74, 6) is 0.722. The number of amides is 1. The van der Waals surface area contributed by atoms with Gasteiger partial charge < -0.3 is 19.5 Å². The molecule has 6 heteroatoms. The topological polar surface area (TPSA) is 62.2 Å². The second kappa shape index (κ2) is 8.00. The van der Waals surface area contributed by atoms with E-state index in [-0.39, 0.29) is 18.3 Å². The summed E-state index contributed by atoms with van der Waals surface area (Å²) in [6.45, 7) is 3.90. The zero-order valence-electron chi connectivity index (χ0n) is 13.2. The Kier molecular flexibility index (Phi) is 6.03. The minimum atomic E-state index is 0.0357. The van der Waals surface area contributed by atoms with Crippen LogP contribution in [0.15, 0.2) is 18.2 Å². The van der Waals surface area contributed by atoms with Crippen LogP contribution in [0.5, 0.6) is 11.5 Å². The van der Waals surface area contributed by atoms with Gasteiger partial charge in [0.05, 0.1) is 7.11 Å². The van der Waals surface area contributed by atoms with Gasteiger partial charge in [0, 0.05) is 45.4 Å². The molecule has 2 rings (SSSR count). The zero-order valence-corrected chi connectivity index (χ0v) is 13.2. The van der Waals surface area contributed by atoms with Gasteiger partial charge in [-0.25, -0.2) is 0 Å². The summed E-state index contributed by atoms with van der Waals surface area (Å²) >= 11 is 0. The molecule has 0 radical (unpaired) electrons. The predicted octanol–water partition coefficient (Wildman–Crippen LogP) is 1.08. The molecule has 122 valence electrons. The number of nitrogens with zero attached hydrogens (tertiary/aromatic N) is 2. The van der Waals surface area contributed by atoms with E-state index in [4.69, 9.17) is 9.47 Å². The number of carbonyl (C=O) groups excluding carboxylic acids is 1. The van der Waals surface area contributed by atoms with Crippen LogP contribution in [0.2, 0.25) is 0 Å². The molecule has 0 aliphatic carbocycles. The van der Waals surface area contributed by atoms with Gasteiger partial charge in [-0.15, -0.1) is 0 Å². The third-order valence-corrected chi connectivity index (χ3v) is 3.91. The Bertz CT molecular complexity index is 507. The van der Waals surface area contributed by atoms with Gasteiger partial charge in [0.2, 0.25) is 5.91 Å². The fourth-order valence-electron chi connectivity index (χ4n) is 2.69. The first kappa shape index (κ1) is 16.6. The molecule has 1 aliphatic heterocycles. The molecule has 1 aliphatic rings. The van der Waals surface area contributed by atoms with Crippen LogP contribution in [0.3, 0.4) is 0 Å². The third kappa shape index (κ3) is 4.11. The normalized spacial score (nSPS) is 16.4. The summed E-state index contributed by atoms with van der Waals surface area (Å²) < 4.78 is 10.0. The van der Waals surface area contributed by atoms with E-state index in [0.29, 0.717) is 18.8 Å². The minimum absolute atomic E-state index is 0.0357. The number of phenolic OH excluding ortho intramolecular Hbond substituents is 1. The van der Waals surface area contributed by atoms with E-state index >= 15 is 0 Å². The molecule has 1 amide bonds. The summed E-state index contributed by atoms with van der Waals surface area (Å²) in [6.07, 6.45) is 0.917. The maximum Gasteiger partial charge on any atom is 0.248 e. The van der Waals surface area contributed by atoms with E-state index in [9.17, 15) is 9.90 Å². The van der Waals surface area contributed by atoms with Crippen LogP contribution in [0.4, 0.5) is 0 Å². The Balaban J connectivity index is 1.96. The highest BCUT2D eigenvalue weighted by Gasteiger charge is 2.20. The number of phenols is 1. The molecule has 6 nitrogen and oxygen atoms in total. The minimum Gasteiger partial charge on any atom is -0.504 e. The molecule has 1 fully saturated rings. The molecule has 0 bridgehead atoms. The number of carbonyl (C=O) groups is 1. The molecule has 1 aromatic rings. The monoisotopic (exact) mass is 308 g/mol. The van der Waals surface area contributed by atoms with Crippen LogP contribution in [0.1, 0.15) is 12.0 Å². The number of rotatable bonds is 5. The quantitative estimate of drug-likeness (QED) is 0.882. The van der Waals surface area contributed by atoms with Crippen molar-refractivity contribution in [2.24, 2.45) is 0 Å². The summed E-state index contributed by atoms with van der Waals surface area (Å²) in [6, 6.07) is 5.52. The molecule has 0 spiro atoms. The molecule has 1 aromatic carbocycles. The number of aromatic hydroxyl groups is 1. The van der Waals surface area contributed by atoms with E-state index in [1.54, 1.807) is 13.2 Å². The molecule has 0 aromatic heterocycles. The fourth-order valence-corrected chi connectivity index (χ4v) is 2.69. The van der Waals surface area contributed by atoms with Crippen molar-refractivity contribution in [1.82, 2.24) is 9.80 Å². The van der Waals surface area contributed by atoms with E-state index in [1.807, 2.05) is 17.0 Å². The average molecular weight is 308 g/mol. The lowest BCUT2D eigenvalue weighted by Gasteiger charge is -2.22. The van der Waals surface area contributed by atoms with Crippen LogP contribution >= 0.6 is 0 Å². The lowest BCUT2D eigenvalue weighted by molar-refractivity contribution is -0.135. The standard InChI is InChI=1S/C16H24N2O4/c1-21-12-15(19)18-8-4-7-17(9-10-18)11-13-5-3-6-14(22-2)16(13)20/h3,5-6,20H,4,7-12H2,1-2H3. The Morgan fingerprint density at radius 2 is 2.05 bits per heavy atom. The maximum absolute atomic E-state index is 11.9. The van der Waals surface area contributed by atoms with Crippen molar-refractivity contribution in [2.75, 3.05) is 47.0 Å². The molecule has 1 N–H and O–H groups in total. The Morgan fingerprint density at radius 1 is 1.23 bits per heavy atom. The second-order valence-corrected chi connectivity index (χ2v) is 5.41. The number of ether oxygens (including phenoxy) is 2. The summed E-state index contributed by atoms with van der Waals surface area (Å²) in [4.78, 5) is 16.0. The van der Waals surface area contributed by atoms with Gasteiger partial charge >= 0.3 is 0 Å². The van der Waals surface area contributed by atoms with E-state index in [0.717, 1.165) is 31.6 Å². The highest BCUT2D eigenvalue weighted by Crippen LogP contribution is 2.30. The molecule has 0 atom stereocenters. The highest BCUT2D eigenvalue weighted by molar-refractivity contribution is 5.77. The first-order valence-electron chi connectivity index (χ1n) is 7.49. The largest absolute Gasteiger partial charge is 0.504 e. The number of hydrogen-bond donors (Lipinski definition) is 1. The van der Waals surface area contributed by atoms with Crippen LogP contribution < -0.4 is 4.74 Å². The van der Waals surface area contributed by atoms with Crippen LogP contribution in [-0.4, -0.2) is 67.8 Å². The van der Waals surface area contributed by atoms with Gasteiger partial charge in [-0.3, -0.25) is 9.69 Å².